The molecule has 0 aromatic carbocycles. The molecule has 0 aromatic heterocycles. The molecule has 0 aromatic rings. The highest BCUT2D eigenvalue weighted by atomic mass is 16.7. The van der Waals surface area contributed by atoms with E-state index in [1.54, 1.807) is 7.11 Å². The van der Waals surface area contributed by atoms with E-state index in [4.69, 9.17) is 9.47 Å². The molecule has 4 bridgehead atoms. The number of Topliss-reactive ketones (excluding diaryl/α,β-unsaturated/α-hetero) is 2. The summed E-state index contributed by atoms with van der Waals surface area (Å²) in [4.78, 5) is 26.5. The van der Waals surface area contributed by atoms with Crippen LogP contribution in [0.25, 0.3) is 0 Å². The Morgan fingerprint density at radius 1 is 1.20 bits per heavy atom. The zero-order valence-corrected chi connectivity index (χ0v) is 14.9. The van der Waals surface area contributed by atoms with Crippen molar-refractivity contribution in [1.82, 2.24) is 0 Å². The molecule has 4 nitrogen and oxygen atoms in total. The molecule has 1 spiro atoms. The highest BCUT2D eigenvalue weighted by Crippen LogP contribution is 2.76. The second-order valence-electron chi connectivity index (χ2n) is 8.94. The summed E-state index contributed by atoms with van der Waals surface area (Å²) < 4.78 is 12.0. The molecule has 0 amide bonds. The number of fused-ring (bicyclic) bond motifs is 2. The van der Waals surface area contributed by atoms with Gasteiger partial charge in [0.2, 0.25) is 0 Å². The lowest BCUT2D eigenvalue weighted by Crippen LogP contribution is -2.75. The van der Waals surface area contributed by atoms with Crippen LogP contribution in [0.2, 0.25) is 0 Å². The third kappa shape index (κ3) is 1.42. The van der Waals surface area contributed by atoms with Crippen LogP contribution in [-0.2, 0) is 19.1 Å². The van der Waals surface area contributed by atoms with Crippen molar-refractivity contribution in [3.63, 3.8) is 0 Å². The second-order valence-corrected chi connectivity index (χ2v) is 8.94. The molecule has 6 rings (SSSR count). The number of rotatable bonds is 1. The number of allylic oxidation sites excluding steroid dienone is 4. The van der Waals surface area contributed by atoms with Crippen molar-refractivity contribution in [3.05, 3.63) is 36.0 Å². The van der Waals surface area contributed by atoms with Crippen molar-refractivity contribution < 1.29 is 19.1 Å². The molecule has 3 saturated carbocycles. The van der Waals surface area contributed by atoms with Crippen LogP contribution in [0.4, 0.5) is 0 Å². The number of hydrogen-bond donors (Lipinski definition) is 0. The Labute approximate surface area is 147 Å². The number of ketones is 2. The van der Waals surface area contributed by atoms with E-state index < -0.39 is 11.7 Å². The van der Waals surface area contributed by atoms with E-state index >= 15 is 0 Å². The second kappa shape index (κ2) is 4.41. The quantitative estimate of drug-likeness (QED) is 0.544. The summed E-state index contributed by atoms with van der Waals surface area (Å²) in [5, 5.41) is 0. The normalized spacial score (nSPS) is 50.6. The van der Waals surface area contributed by atoms with Crippen LogP contribution in [0.5, 0.6) is 0 Å². The molecule has 6 atom stereocenters. The fourth-order valence-corrected chi connectivity index (χ4v) is 7.22. The maximum Gasteiger partial charge on any atom is 0.177 e. The lowest BCUT2D eigenvalue weighted by molar-refractivity contribution is -0.316. The van der Waals surface area contributed by atoms with Gasteiger partial charge in [0.05, 0.1) is 6.61 Å². The van der Waals surface area contributed by atoms with Gasteiger partial charge in [-0.1, -0.05) is 38.2 Å². The van der Waals surface area contributed by atoms with Gasteiger partial charge in [-0.3, -0.25) is 9.59 Å². The molecule has 25 heavy (non-hydrogen) atoms. The molecule has 5 aliphatic carbocycles. The van der Waals surface area contributed by atoms with Gasteiger partial charge in [-0.15, -0.1) is 0 Å². The zero-order valence-electron chi connectivity index (χ0n) is 14.9. The summed E-state index contributed by atoms with van der Waals surface area (Å²) in [5.74, 6) is -0.267. The Kier molecular flexibility index (Phi) is 2.77. The van der Waals surface area contributed by atoms with Crippen LogP contribution < -0.4 is 0 Å². The van der Waals surface area contributed by atoms with Gasteiger partial charge in [-0.2, -0.15) is 0 Å². The van der Waals surface area contributed by atoms with E-state index in [0.717, 1.165) is 19.3 Å². The molecule has 4 fully saturated rings. The molecular formula is C21H24O4. The SMILES string of the molecule is C=C1C=C2C[C@]3(C1=O)C(=O)C(=C)C1[C@@]4(C)CCC[C@@]1(C(OC)OC4)C23. The molecule has 1 aliphatic heterocycles. The summed E-state index contributed by atoms with van der Waals surface area (Å²) in [6.45, 7) is 10.9. The van der Waals surface area contributed by atoms with Crippen molar-refractivity contribution in [2.75, 3.05) is 13.7 Å². The van der Waals surface area contributed by atoms with Gasteiger partial charge >= 0.3 is 0 Å². The van der Waals surface area contributed by atoms with Gasteiger partial charge in [-0.05, 0) is 30.3 Å². The Bertz CT molecular complexity index is 792. The summed E-state index contributed by atoms with van der Waals surface area (Å²) in [5.41, 5.74) is 0.762. The molecule has 1 heterocycles. The minimum Gasteiger partial charge on any atom is -0.355 e. The van der Waals surface area contributed by atoms with Crippen molar-refractivity contribution in [2.24, 2.45) is 28.1 Å². The van der Waals surface area contributed by atoms with Crippen LogP contribution in [0.15, 0.2) is 36.0 Å². The minimum atomic E-state index is -0.996. The highest BCUT2D eigenvalue weighted by Gasteiger charge is 2.79. The monoisotopic (exact) mass is 340 g/mol. The first kappa shape index (κ1) is 15.7. The van der Waals surface area contributed by atoms with Crippen molar-refractivity contribution in [1.29, 1.82) is 0 Å². The molecule has 132 valence electrons. The largest absolute Gasteiger partial charge is 0.355 e. The maximum absolute atomic E-state index is 13.4. The number of hydrogen-bond acceptors (Lipinski definition) is 4. The molecule has 6 aliphatic rings. The van der Waals surface area contributed by atoms with Crippen LogP contribution in [-0.4, -0.2) is 31.6 Å². The first-order valence-electron chi connectivity index (χ1n) is 9.15. The predicted octanol–water partition coefficient (Wildman–Crippen LogP) is 2.99. The van der Waals surface area contributed by atoms with Crippen molar-refractivity contribution in [3.8, 4) is 0 Å². The van der Waals surface area contributed by atoms with Gasteiger partial charge < -0.3 is 9.47 Å². The minimum absolute atomic E-state index is 0.0148. The third-order valence-electron chi connectivity index (χ3n) is 7.80. The van der Waals surface area contributed by atoms with E-state index in [9.17, 15) is 9.59 Å². The molecular weight excluding hydrogens is 316 g/mol. The highest BCUT2D eigenvalue weighted by molar-refractivity contribution is 6.24. The lowest BCUT2D eigenvalue weighted by atomic mass is 9.31. The zero-order chi connectivity index (χ0) is 17.8. The molecule has 3 unspecified atom stereocenters. The molecule has 4 heteroatoms. The van der Waals surface area contributed by atoms with E-state index in [1.165, 1.54) is 5.57 Å². The lowest BCUT2D eigenvalue weighted by Gasteiger charge is -2.72. The summed E-state index contributed by atoms with van der Waals surface area (Å²) in [7, 11) is 1.67. The Hall–Kier alpha value is -1.52. The molecule has 1 saturated heterocycles. The Morgan fingerprint density at radius 2 is 1.96 bits per heavy atom. The third-order valence-corrected chi connectivity index (χ3v) is 7.80. The smallest absolute Gasteiger partial charge is 0.177 e. The fraction of sp³-hybridized carbons (Fsp3) is 0.619. The van der Waals surface area contributed by atoms with Gasteiger partial charge in [0.1, 0.15) is 5.41 Å². The van der Waals surface area contributed by atoms with Gasteiger partial charge in [-0.25, -0.2) is 0 Å². The summed E-state index contributed by atoms with van der Waals surface area (Å²) in [6.07, 6.45) is 5.02. The van der Waals surface area contributed by atoms with E-state index in [2.05, 4.69) is 20.1 Å². The predicted molar refractivity (Wildman–Crippen MR) is 91.5 cm³/mol. The van der Waals surface area contributed by atoms with Crippen LogP contribution in [0.3, 0.4) is 0 Å². The Morgan fingerprint density at radius 3 is 2.68 bits per heavy atom. The van der Waals surface area contributed by atoms with Crippen molar-refractivity contribution >= 4 is 11.6 Å². The van der Waals surface area contributed by atoms with Gasteiger partial charge in [0.25, 0.3) is 0 Å². The Balaban J connectivity index is 1.80. The van der Waals surface area contributed by atoms with E-state index in [-0.39, 0.29) is 34.2 Å². The van der Waals surface area contributed by atoms with E-state index in [0.29, 0.717) is 24.2 Å². The van der Waals surface area contributed by atoms with Crippen LogP contribution in [0.1, 0.15) is 32.6 Å². The number of methoxy groups -OCH3 is 1. The van der Waals surface area contributed by atoms with Crippen LogP contribution in [0, 0.1) is 28.1 Å². The fourth-order valence-electron chi connectivity index (χ4n) is 7.22. The van der Waals surface area contributed by atoms with Crippen molar-refractivity contribution in [2.45, 2.75) is 38.9 Å². The van der Waals surface area contributed by atoms with Gasteiger partial charge in [0.15, 0.2) is 17.9 Å². The topological polar surface area (TPSA) is 52.6 Å². The number of carbonyl (C=O) groups excluding carboxylic acids is 2. The average Bonchev–Trinajstić information content (AvgIpc) is 2.54. The molecule has 0 N–H and O–H groups in total. The first-order valence-corrected chi connectivity index (χ1v) is 9.15. The standard InChI is InChI=1S/C21H24O4/c1-11-8-13-9-21(16(11)22)15(13)20-7-5-6-19(3,10-25-18(20)24-4)14(20)12(2)17(21)23/h8,14-15,18H,1-2,5-7,9-10H2,3-4H3/t14?,15?,18?,19-,20-,21-/m0/s1. The average molecular weight is 340 g/mol. The first-order chi connectivity index (χ1) is 11.8. The number of carbonyl (C=O) groups is 2. The van der Waals surface area contributed by atoms with Crippen LogP contribution >= 0.6 is 0 Å². The van der Waals surface area contributed by atoms with E-state index in [1.807, 2.05) is 6.08 Å². The summed E-state index contributed by atoms with van der Waals surface area (Å²) in [6, 6.07) is 0. The maximum atomic E-state index is 13.4. The number of ether oxygens (including phenoxy) is 2. The van der Waals surface area contributed by atoms with Gasteiger partial charge in [0, 0.05) is 29.9 Å². The molecule has 0 radical (unpaired) electrons. The summed E-state index contributed by atoms with van der Waals surface area (Å²) >= 11 is 0.